The molecule has 1 aromatic carbocycles. The van der Waals surface area contributed by atoms with Crippen LogP contribution < -0.4 is 0 Å². The molecule has 1 rings (SSSR count). The molecule has 0 spiro atoms. The molecule has 0 aliphatic heterocycles. The van der Waals surface area contributed by atoms with E-state index in [9.17, 15) is 18.0 Å². The fourth-order valence-corrected chi connectivity index (χ4v) is 0.788. The van der Waals surface area contributed by atoms with Crippen LogP contribution in [0, 0.1) is 29.3 Å². The van der Waals surface area contributed by atoms with Crippen LogP contribution in [0.15, 0.2) is 12.1 Å². The number of carbonyl (C=O) groups excluding carboxylic acids is 1. The molecule has 78 valence electrons. The van der Waals surface area contributed by atoms with Crippen molar-refractivity contribution in [3.8, 4) is 11.8 Å². The Kier molecular flexibility index (Phi) is 3.34. The summed E-state index contributed by atoms with van der Waals surface area (Å²) in [5.74, 6) is -0.545. The van der Waals surface area contributed by atoms with Crippen molar-refractivity contribution in [1.82, 2.24) is 0 Å². The first-order chi connectivity index (χ1) is 7.04. The zero-order valence-corrected chi connectivity index (χ0v) is 7.61. The highest BCUT2D eigenvalue weighted by atomic mass is 19.2. The molecule has 0 atom stereocenters. The van der Waals surface area contributed by atoms with E-state index in [1.54, 1.807) is 0 Å². The van der Waals surface area contributed by atoms with Crippen LogP contribution >= 0.6 is 0 Å². The highest BCUT2D eigenvalue weighted by molar-refractivity contribution is 5.89. The zero-order valence-electron chi connectivity index (χ0n) is 7.61. The van der Waals surface area contributed by atoms with Gasteiger partial charge in [-0.25, -0.2) is 18.0 Å². The number of esters is 1. The van der Waals surface area contributed by atoms with Crippen LogP contribution in [-0.4, -0.2) is 13.1 Å². The largest absolute Gasteiger partial charge is 0.459 e. The van der Waals surface area contributed by atoms with Gasteiger partial charge in [0.15, 0.2) is 11.6 Å². The first-order valence-corrected chi connectivity index (χ1v) is 3.79. The van der Waals surface area contributed by atoms with E-state index in [4.69, 9.17) is 0 Å². The summed E-state index contributed by atoms with van der Waals surface area (Å²) in [6, 6.07) is 0.928. The molecular formula is C10H5F3O2. The van der Waals surface area contributed by atoms with Gasteiger partial charge in [-0.3, -0.25) is 0 Å². The van der Waals surface area contributed by atoms with Gasteiger partial charge in [-0.05, 0) is 6.07 Å². The summed E-state index contributed by atoms with van der Waals surface area (Å²) in [6.45, 7) is 0. The fraction of sp³-hybridized carbons (Fsp3) is 0.100. The molecule has 0 saturated carbocycles. The summed E-state index contributed by atoms with van der Waals surface area (Å²) in [5.41, 5.74) is -0.403. The first-order valence-electron chi connectivity index (χ1n) is 3.79. The summed E-state index contributed by atoms with van der Waals surface area (Å²) in [4.78, 5) is 10.6. The van der Waals surface area contributed by atoms with E-state index < -0.39 is 29.0 Å². The lowest BCUT2D eigenvalue weighted by Crippen LogP contribution is -1.96. The van der Waals surface area contributed by atoms with Gasteiger partial charge in [-0.15, -0.1) is 0 Å². The lowest BCUT2D eigenvalue weighted by molar-refractivity contribution is -0.133. The number of halogens is 3. The summed E-state index contributed by atoms with van der Waals surface area (Å²) in [6.07, 6.45) is 0. The van der Waals surface area contributed by atoms with E-state index in [2.05, 4.69) is 4.74 Å². The summed E-state index contributed by atoms with van der Waals surface area (Å²) >= 11 is 0. The quantitative estimate of drug-likeness (QED) is 0.372. The van der Waals surface area contributed by atoms with Crippen LogP contribution in [0.5, 0.6) is 0 Å². The predicted molar refractivity (Wildman–Crippen MR) is 45.2 cm³/mol. The Morgan fingerprint density at radius 1 is 1.20 bits per heavy atom. The summed E-state index contributed by atoms with van der Waals surface area (Å²) in [7, 11) is 1.10. The van der Waals surface area contributed by atoms with Crippen molar-refractivity contribution >= 4 is 5.97 Å². The van der Waals surface area contributed by atoms with Crippen LogP contribution in [0.1, 0.15) is 5.56 Å². The lowest BCUT2D eigenvalue weighted by Gasteiger charge is -1.95. The normalized spacial score (nSPS) is 9.07. The van der Waals surface area contributed by atoms with Gasteiger partial charge in [0.1, 0.15) is 5.82 Å². The number of benzene rings is 1. The van der Waals surface area contributed by atoms with E-state index in [0.29, 0.717) is 12.1 Å². The van der Waals surface area contributed by atoms with Crippen LogP contribution in [-0.2, 0) is 9.53 Å². The molecule has 0 N–H and O–H groups in total. The van der Waals surface area contributed by atoms with Crippen molar-refractivity contribution < 1.29 is 22.7 Å². The molecule has 0 radical (unpaired) electrons. The van der Waals surface area contributed by atoms with Gasteiger partial charge in [-0.2, -0.15) is 0 Å². The Labute approximate surface area is 83.7 Å². The van der Waals surface area contributed by atoms with Crippen molar-refractivity contribution in [2.24, 2.45) is 0 Å². The Balaban J connectivity index is 3.09. The molecule has 0 saturated heterocycles. The summed E-state index contributed by atoms with van der Waals surface area (Å²) in [5, 5.41) is 0. The van der Waals surface area contributed by atoms with Crippen molar-refractivity contribution in [3.05, 3.63) is 35.1 Å². The van der Waals surface area contributed by atoms with Gasteiger partial charge in [0.25, 0.3) is 0 Å². The smallest absolute Gasteiger partial charge is 0.384 e. The van der Waals surface area contributed by atoms with Crippen molar-refractivity contribution in [3.63, 3.8) is 0 Å². The maximum atomic E-state index is 12.9. The van der Waals surface area contributed by atoms with Crippen molar-refractivity contribution in [2.75, 3.05) is 7.11 Å². The van der Waals surface area contributed by atoms with Crippen molar-refractivity contribution in [1.29, 1.82) is 0 Å². The minimum atomic E-state index is -1.31. The van der Waals surface area contributed by atoms with Gasteiger partial charge in [0.2, 0.25) is 0 Å². The maximum Gasteiger partial charge on any atom is 0.384 e. The van der Waals surface area contributed by atoms with E-state index >= 15 is 0 Å². The lowest BCUT2D eigenvalue weighted by atomic mass is 10.2. The number of ether oxygens (including phenoxy) is 1. The summed E-state index contributed by atoms with van der Waals surface area (Å²) < 4.78 is 42.2. The third-order valence-corrected chi connectivity index (χ3v) is 1.49. The molecule has 0 fully saturated rings. The standard InChI is InChI=1S/C10H5F3O2/c1-15-10(14)3-2-6-4-8(12)9(13)5-7(6)11/h4-5H,1H3. The first kappa shape index (κ1) is 11.1. The Hall–Kier alpha value is -1.96. The van der Waals surface area contributed by atoms with Gasteiger partial charge in [0.05, 0.1) is 12.7 Å². The van der Waals surface area contributed by atoms with Crippen LogP contribution in [0.2, 0.25) is 0 Å². The minimum Gasteiger partial charge on any atom is -0.459 e. The number of rotatable bonds is 0. The van der Waals surface area contributed by atoms with Crippen LogP contribution in [0.25, 0.3) is 0 Å². The topological polar surface area (TPSA) is 26.3 Å². The SMILES string of the molecule is COC(=O)C#Cc1cc(F)c(F)cc1F. The van der Waals surface area contributed by atoms with Crippen molar-refractivity contribution in [2.45, 2.75) is 0 Å². The molecule has 0 aliphatic carbocycles. The van der Waals surface area contributed by atoms with E-state index in [1.165, 1.54) is 0 Å². The average molecular weight is 214 g/mol. The average Bonchev–Trinajstić information content (AvgIpc) is 2.21. The number of carbonyl (C=O) groups is 1. The molecule has 5 heteroatoms. The Morgan fingerprint density at radius 3 is 2.40 bits per heavy atom. The second kappa shape index (κ2) is 4.51. The second-order valence-electron chi connectivity index (χ2n) is 2.49. The molecule has 0 unspecified atom stereocenters. The predicted octanol–water partition coefficient (Wildman–Crippen LogP) is 1.63. The number of hydrogen-bond donors (Lipinski definition) is 0. The molecular weight excluding hydrogens is 209 g/mol. The minimum absolute atomic E-state index is 0.358. The molecule has 0 bridgehead atoms. The van der Waals surface area contributed by atoms with Gasteiger partial charge >= 0.3 is 5.97 Å². The molecule has 1 aromatic rings. The van der Waals surface area contributed by atoms with E-state index in [-0.39, 0.29) is 0 Å². The van der Waals surface area contributed by atoms with Crippen LogP contribution in [0.4, 0.5) is 13.2 Å². The molecule has 0 heterocycles. The second-order valence-corrected chi connectivity index (χ2v) is 2.49. The van der Waals surface area contributed by atoms with Gasteiger partial charge in [0, 0.05) is 12.0 Å². The number of hydrogen-bond acceptors (Lipinski definition) is 2. The van der Waals surface area contributed by atoms with E-state index in [0.717, 1.165) is 7.11 Å². The molecule has 15 heavy (non-hydrogen) atoms. The molecule has 2 nitrogen and oxygen atoms in total. The third-order valence-electron chi connectivity index (χ3n) is 1.49. The monoisotopic (exact) mass is 214 g/mol. The van der Waals surface area contributed by atoms with E-state index in [1.807, 2.05) is 11.8 Å². The molecule has 0 aromatic heterocycles. The highest BCUT2D eigenvalue weighted by Crippen LogP contribution is 2.12. The maximum absolute atomic E-state index is 12.9. The molecule has 0 amide bonds. The molecule has 0 aliphatic rings. The fourth-order valence-electron chi connectivity index (χ4n) is 0.788. The number of methoxy groups -OCH3 is 1. The van der Waals surface area contributed by atoms with Crippen LogP contribution in [0.3, 0.4) is 0 Å². The van der Waals surface area contributed by atoms with Gasteiger partial charge in [-0.1, -0.05) is 5.92 Å². The zero-order chi connectivity index (χ0) is 11.4. The highest BCUT2D eigenvalue weighted by Gasteiger charge is 2.07. The Bertz CT molecular complexity index is 458. The Morgan fingerprint density at radius 2 is 1.80 bits per heavy atom. The third kappa shape index (κ3) is 2.74. The van der Waals surface area contributed by atoms with Gasteiger partial charge < -0.3 is 4.74 Å².